The normalized spacial score (nSPS) is 11.6. The van der Waals surface area contributed by atoms with Crippen molar-refractivity contribution in [1.29, 1.82) is 0 Å². The standard InChI is InChI=1S/C27H32N2O2/c1-21(30)29(20-22-10-14-25(15-11-22)28(2)3)19-18-27(23-8-6-5-7-9-23)24-12-16-26(31-4)17-13-24/h5-17,27H,18-20H2,1-4H3/t27-/m1/s1. The van der Waals surface area contributed by atoms with Crippen molar-refractivity contribution >= 4 is 11.6 Å². The fourth-order valence-electron chi connectivity index (χ4n) is 3.80. The largest absolute Gasteiger partial charge is 0.497 e. The van der Waals surface area contributed by atoms with Crippen molar-refractivity contribution < 1.29 is 9.53 Å². The lowest BCUT2D eigenvalue weighted by Crippen LogP contribution is -2.30. The highest BCUT2D eigenvalue weighted by atomic mass is 16.5. The maximum absolute atomic E-state index is 12.4. The third kappa shape index (κ3) is 6.11. The van der Waals surface area contributed by atoms with Gasteiger partial charge in [-0.3, -0.25) is 4.79 Å². The van der Waals surface area contributed by atoms with Gasteiger partial charge < -0.3 is 14.5 Å². The molecule has 162 valence electrons. The van der Waals surface area contributed by atoms with E-state index < -0.39 is 0 Å². The Balaban J connectivity index is 1.76. The molecule has 0 spiro atoms. The Labute approximate surface area is 186 Å². The highest BCUT2D eigenvalue weighted by molar-refractivity contribution is 5.73. The van der Waals surface area contributed by atoms with E-state index in [0.29, 0.717) is 13.1 Å². The molecule has 4 heteroatoms. The van der Waals surface area contributed by atoms with Crippen molar-refractivity contribution in [2.45, 2.75) is 25.8 Å². The third-order valence-corrected chi connectivity index (χ3v) is 5.68. The van der Waals surface area contributed by atoms with Gasteiger partial charge in [-0.05, 0) is 47.4 Å². The summed E-state index contributed by atoms with van der Waals surface area (Å²) in [6, 6.07) is 27.1. The minimum absolute atomic E-state index is 0.0956. The molecule has 0 aliphatic carbocycles. The van der Waals surface area contributed by atoms with Crippen LogP contribution < -0.4 is 9.64 Å². The summed E-state index contributed by atoms with van der Waals surface area (Å²) in [5, 5.41) is 0. The Morgan fingerprint density at radius 1 is 0.871 bits per heavy atom. The van der Waals surface area contributed by atoms with Crippen LogP contribution in [0.4, 0.5) is 5.69 Å². The minimum atomic E-state index is 0.0956. The number of amides is 1. The van der Waals surface area contributed by atoms with Crippen LogP contribution in [0.3, 0.4) is 0 Å². The second-order valence-electron chi connectivity index (χ2n) is 8.03. The maximum Gasteiger partial charge on any atom is 0.219 e. The fourth-order valence-corrected chi connectivity index (χ4v) is 3.80. The average Bonchev–Trinajstić information content (AvgIpc) is 2.79. The molecule has 0 aliphatic heterocycles. The number of anilines is 1. The maximum atomic E-state index is 12.4. The van der Waals surface area contributed by atoms with Crippen LogP contribution in [0.25, 0.3) is 0 Å². The van der Waals surface area contributed by atoms with E-state index in [1.807, 2.05) is 37.2 Å². The Morgan fingerprint density at radius 2 is 1.48 bits per heavy atom. The number of methoxy groups -OCH3 is 1. The molecule has 0 saturated heterocycles. The van der Waals surface area contributed by atoms with Gasteiger partial charge >= 0.3 is 0 Å². The monoisotopic (exact) mass is 416 g/mol. The number of rotatable bonds is 9. The topological polar surface area (TPSA) is 32.8 Å². The second-order valence-corrected chi connectivity index (χ2v) is 8.03. The number of hydrogen-bond donors (Lipinski definition) is 0. The zero-order valence-corrected chi connectivity index (χ0v) is 18.9. The lowest BCUT2D eigenvalue weighted by Gasteiger charge is -2.25. The van der Waals surface area contributed by atoms with Crippen LogP contribution in [0.15, 0.2) is 78.9 Å². The van der Waals surface area contributed by atoms with Crippen LogP contribution >= 0.6 is 0 Å². The van der Waals surface area contributed by atoms with E-state index in [1.165, 1.54) is 11.1 Å². The molecule has 0 aliphatic rings. The van der Waals surface area contributed by atoms with Gasteiger partial charge in [0.1, 0.15) is 5.75 Å². The van der Waals surface area contributed by atoms with Crippen LogP contribution in [0.1, 0.15) is 36.0 Å². The van der Waals surface area contributed by atoms with Crippen molar-refractivity contribution in [2.75, 3.05) is 32.6 Å². The summed E-state index contributed by atoms with van der Waals surface area (Å²) >= 11 is 0. The van der Waals surface area contributed by atoms with Gasteiger partial charge in [0.15, 0.2) is 0 Å². The first-order valence-corrected chi connectivity index (χ1v) is 10.7. The molecule has 0 aromatic heterocycles. The van der Waals surface area contributed by atoms with E-state index in [4.69, 9.17) is 4.74 Å². The molecule has 31 heavy (non-hydrogen) atoms. The Kier molecular flexibility index (Phi) is 7.71. The molecule has 1 amide bonds. The van der Waals surface area contributed by atoms with Crippen LogP contribution in [0.5, 0.6) is 5.75 Å². The van der Waals surface area contributed by atoms with Crippen molar-refractivity contribution in [3.8, 4) is 5.75 Å². The first-order chi connectivity index (χ1) is 15.0. The van der Waals surface area contributed by atoms with Crippen molar-refractivity contribution in [3.05, 3.63) is 95.6 Å². The van der Waals surface area contributed by atoms with Gasteiger partial charge in [-0.2, -0.15) is 0 Å². The predicted octanol–water partition coefficient (Wildman–Crippen LogP) is 5.33. The van der Waals surface area contributed by atoms with Gasteiger partial charge in [0.25, 0.3) is 0 Å². The average molecular weight is 417 g/mol. The van der Waals surface area contributed by atoms with E-state index in [9.17, 15) is 4.79 Å². The molecule has 4 nitrogen and oxygen atoms in total. The summed E-state index contributed by atoms with van der Waals surface area (Å²) in [7, 11) is 5.74. The smallest absolute Gasteiger partial charge is 0.219 e. The third-order valence-electron chi connectivity index (χ3n) is 5.68. The minimum Gasteiger partial charge on any atom is -0.497 e. The zero-order chi connectivity index (χ0) is 22.2. The van der Waals surface area contributed by atoms with Gasteiger partial charge in [0.05, 0.1) is 7.11 Å². The summed E-state index contributed by atoms with van der Waals surface area (Å²) in [5.74, 6) is 1.16. The molecule has 0 N–H and O–H groups in total. The number of ether oxygens (including phenoxy) is 1. The highest BCUT2D eigenvalue weighted by Gasteiger charge is 2.18. The van der Waals surface area contributed by atoms with Crippen LogP contribution in [-0.4, -0.2) is 38.6 Å². The quantitative estimate of drug-likeness (QED) is 0.472. The molecule has 0 bridgehead atoms. The molecule has 0 saturated carbocycles. The van der Waals surface area contributed by atoms with Gasteiger partial charge in [-0.15, -0.1) is 0 Å². The predicted molar refractivity (Wildman–Crippen MR) is 128 cm³/mol. The number of benzene rings is 3. The van der Waals surface area contributed by atoms with Crippen LogP contribution in [0.2, 0.25) is 0 Å². The molecular weight excluding hydrogens is 384 g/mol. The van der Waals surface area contributed by atoms with Gasteiger partial charge in [0, 0.05) is 45.7 Å². The molecule has 3 rings (SSSR count). The summed E-state index contributed by atoms with van der Waals surface area (Å²) in [5.41, 5.74) is 4.78. The summed E-state index contributed by atoms with van der Waals surface area (Å²) < 4.78 is 5.32. The van der Waals surface area contributed by atoms with E-state index >= 15 is 0 Å². The van der Waals surface area contributed by atoms with Gasteiger partial charge in [-0.25, -0.2) is 0 Å². The van der Waals surface area contributed by atoms with Crippen molar-refractivity contribution in [2.24, 2.45) is 0 Å². The Morgan fingerprint density at radius 3 is 2.03 bits per heavy atom. The molecule has 1 atom stereocenters. The Bertz CT molecular complexity index is 951. The molecule has 3 aromatic rings. The lowest BCUT2D eigenvalue weighted by molar-refractivity contribution is -0.129. The number of carbonyl (C=O) groups is 1. The number of nitrogens with zero attached hydrogens (tertiary/aromatic N) is 2. The van der Waals surface area contributed by atoms with E-state index in [-0.39, 0.29) is 11.8 Å². The molecule has 3 aromatic carbocycles. The fraction of sp³-hybridized carbons (Fsp3) is 0.296. The second kappa shape index (κ2) is 10.7. The summed E-state index contributed by atoms with van der Waals surface area (Å²) in [6.07, 6.45) is 0.853. The number of hydrogen-bond acceptors (Lipinski definition) is 3. The Hall–Kier alpha value is -3.27. The van der Waals surface area contributed by atoms with E-state index in [2.05, 4.69) is 65.6 Å². The number of carbonyl (C=O) groups excluding carboxylic acids is 1. The zero-order valence-electron chi connectivity index (χ0n) is 18.9. The van der Waals surface area contributed by atoms with Crippen molar-refractivity contribution in [3.63, 3.8) is 0 Å². The van der Waals surface area contributed by atoms with E-state index in [0.717, 1.165) is 23.4 Å². The molecule has 0 radical (unpaired) electrons. The van der Waals surface area contributed by atoms with Gasteiger partial charge in [-0.1, -0.05) is 54.6 Å². The highest BCUT2D eigenvalue weighted by Crippen LogP contribution is 2.30. The van der Waals surface area contributed by atoms with Crippen LogP contribution in [-0.2, 0) is 11.3 Å². The molecule has 0 heterocycles. The summed E-state index contributed by atoms with van der Waals surface area (Å²) in [4.78, 5) is 16.4. The summed E-state index contributed by atoms with van der Waals surface area (Å²) in [6.45, 7) is 2.96. The SMILES string of the molecule is COc1ccc([C@H](CCN(Cc2ccc(N(C)C)cc2)C(C)=O)c2ccccc2)cc1. The first kappa shape index (κ1) is 22.4. The molecule has 0 fully saturated rings. The lowest BCUT2D eigenvalue weighted by atomic mass is 9.88. The molecular formula is C27H32N2O2. The van der Waals surface area contributed by atoms with Crippen LogP contribution in [0, 0.1) is 0 Å². The first-order valence-electron chi connectivity index (χ1n) is 10.7. The van der Waals surface area contributed by atoms with E-state index in [1.54, 1.807) is 14.0 Å². The van der Waals surface area contributed by atoms with Crippen molar-refractivity contribution in [1.82, 2.24) is 4.90 Å². The van der Waals surface area contributed by atoms with Gasteiger partial charge in [0.2, 0.25) is 5.91 Å². The molecule has 0 unspecified atom stereocenters.